The maximum absolute atomic E-state index is 12.8. The van der Waals surface area contributed by atoms with Gasteiger partial charge in [-0.25, -0.2) is 9.48 Å². The number of fused-ring (bicyclic) bond motifs is 1. The van der Waals surface area contributed by atoms with Crippen molar-refractivity contribution in [1.29, 1.82) is 0 Å². The molecule has 1 aromatic heterocycles. The van der Waals surface area contributed by atoms with Gasteiger partial charge in [0.25, 0.3) is 17.5 Å². The van der Waals surface area contributed by atoms with Gasteiger partial charge >= 0.3 is 5.97 Å². The zero-order valence-electron chi connectivity index (χ0n) is 18.5. The van der Waals surface area contributed by atoms with E-state index in [9.17, 15) is 29.3 Å². The number of benzene rings is 2. The van der Waals surface area contributed by atoms with Gasteiger partial charge < -0.3 is 10.1 Å². The number of hydrogen-bond acceptors (Lipinski definition) is 8. The average molecular weight is 477 g/mol. The van der Waals surface area contributed by atoms with Gasteiger partial charge in [-0.3, -0.25) is 29.4 Å². The Morgan fingerprint density at radius 2 is 1.83 bits per heavy atom. The number of rotatable bonds is 8. The fourth-order valence-electron chi connectivity index (χ4n) is 3.67. The quantitative estimate of drug-likeness (QED) is 0.225. The summed E-state index contributed by atoms with van der Waals surface area (Å²) in [7, 11) is 0. The lowest BCUT2D eigenvalue weighted by molar-refractivity contribution is -0.385. The summed E-state index contributed by atoms with van der Waals surface area (Å²) in [5.41, 5.74) is -0.254. The van der Waals surface area contributed by atoms with Gasteiger partial charge in [-0.15, -0.1) is 0 Å². The van der Waals surface area contributed by atoms with E-state index in [0.29, 0.717) is 5.69 Å². The highest BCUT2D eigenvalue weighted by Gasteiger charge is 2.40. The topological polar surface area (TPSA) is 154 Å². The Labute approximate surface area is 198 Å². The van der Waals surface area contributed by atoms with Crippen molar-refractivity contribution in [3.05, 3.63) is 81.5 Å². The molecule has 12 heteroatoms. The van der Waals surface area contributed by atoms with Crippen LogP contribution in [0.1, 0.15) is 44.4 Å². The number of esters is 1. The number of anilines is 1. The number of aromatic nitrogens is 2. The van der Waals surface area contributed by atoms with Gasteiger partial charge in [0.05, 0.1) is 29.0 Å². The van der Waals surface area contributed by atoms with Crippen molar-refractivity contribution < 1.29 is 28.8 Å². The molecule has 12 nitrogen and oxygen atoms in total. The van der Waals surface area contributed by atoms with Crippen molar-refractivity contribution in [2.45, 2.75) is 13.3 Å². The Balaban J connectivity index is 1.53. The van der Waals surface area contributed by atoms with Crippen molar-refractivity contribution >= 4 is 35.2 Å². The Hall–Kier alpha value is -4.87. The number of nitro benzene ring substituents is 1. The Morgan fingerprint density at radius 3 is 2.51 bits per heavy atom. The van der Waals surface area contributed by atoms with E-state index in [1.165, 1.54) is 23.0 Å². The Bertz CT molecular complexity index is 1350. The van der Waals surface area contributed by atoms with E-state index in [1.54, 1.807) is 37.3 Å². The van der Waals surface area contributed by atoms with Crippen LogP contribution in [0.25, 0.3) is 5.69 Å². The summed E-state index contributed by atoms with van der Waals surface area (Å²) >= 11 is 0. The largest absolute Gasteiger partial charge is 0.462 e. The fourth-order valence-corrected chi connectivity index (χ4v) is 3.67. The summed E-state index contributed by atoms with van der Waals surface area (Å²) in [6.07, 6.45) is 0.950. The molecule has 0 fully saturated rings. The van der Waals surface area contributed by atoms with Gasteiger partial charge in [-0.1, -0.05) is 24.3 Å². The van der Waals surface area contributed by atoms with E-state index in [-0.39, 0.29) is 42.1 Å². The molecular weight excluding hydrogens is 458 g/mol. The van der Waals surface area contributed by atoms with Crippen LogP contribution in [0.4, 0.5) is 11.5 Å². The van der Waals surface area contributed by atoms with Gasteiger partial charge in [-0.05, 0) is 25.1 Å². The van der Waals surface area contributed by atoms with Crippen molar-refractivity contribution in [3.63, 3.8) is 0 Å². The first-order valence-electron chi connectivity index (χ1n) is 10.6. The SMILES string of the molecule is CCOC(=O)c1cnn(-c2ccccc2)c1NC(=O)CCN1C(=O)c2cccc([N+](=O)[O-])c2C1=O. The van der Waals surface area contributed by atoms with Crippen LogP contribution >= 0.6 is 0 Å². The molecule has 1 aliphatic heterocycles. The number of imide groups is 1. The van der Waals surface area contributed by atoms with E-state index in [0.717, 1.165) is 11.0 Å². The summed E-state index contributed by atoms with van der Waals surface area (Å²) in [4.78, 5) is 61.8. The fraction of sp³-hybridized carbons (Fsp3) is 0.174. The molecule has 178 valence electrons. The molecule has 1 N–H and O–H groups in total. The van der Waals surface area contributed by atoms with Crippen LogP contribution in [0.3, 0.4) is 0 Å². The number of carbonyl (C=O) groups excluding carboxylic acids is 4. The highest BCUT2D eigenvalue weighted by molar-refractivity contribution is 6.23. The summed E-state index contributed by atoms with van der Waals surface area (Å²) in [6.45, 7) is 1.45. The highest BCUT2D eigenvalue weighted by Crippen LogP contribution is 2.31. The predicted octanol–water partition coefficient (Wildman–Crippen LogP) is 2.58. The lowest BCUT2D eigenvalue weighted by Crippen LogP contribution is -2.33. The van der Waals surface area contributed by atoms with Crippen LogP contribution in [-0.4, -0.2) is 56.4 Å². The summed E-state index contributed by atoms with van der Waals surface area (Å²) in [6, 6.07) is 12.5. The van der Waals surface area contributed by atoms with Crippen LogP contribution in [0.15, 0.2) is 54.7 Å². The molecule has 2 aromatic carbocycles. The zero-order valence-corrected chi connectivity index (χ0v) is 18.5. The monoisotopic (exact) mass is 477 g/mol. The van der Waals surface area contributed by atoms with E-state index >= 15 is 0 Å². The second-order valence-corrected chi connectivity index (χ2v) is 7.39. The number of nitrogens with one attached hydrogen (secondary N) is 1. The summed E-state index contributed by atoms with van der Waals surface area (Å²) in [5, 5.41) is 18.0. The van der Waals surface area contributed by atoms with Crippen molar-refractivity contribution in [2.75, 3.05) is 18.5 Å². The number of ether oxygens (including phenoxy) is 1. The molecule has 0 atom stereocenters. The first-order valence-corrected chi connectivity index (χ1v) is 10.6. The van der Waals surface area contributed by atoms with Crippen molar-refractivity contribution in [1.82, 2.24) is 14.7 Å². The van der Waals surface area contributed by atoms with E-state index < -0.39 is 34.3 Å². The highest BCUT2D eigenvalue weighted by atomic mass is 16.6. The molecule has 0 saturated heterocycles. The normalized spacial score (nSPS) is 12.4. The standard InChI is InChI=1S/C23H19N5O7/c1-2-35-23(32)16-13-24-27(14-7-4-3-5-8-14)20(16)25-18(29)11-12-26-21(30)15-9-6-10-17(28(33)34)19(15)22(26)31/h3-10,13H,2,11-12H2,1H3,(H,25,29). The molecule has 3 aromatic rings. The molecule has 0 radical (unpaired) electrons. The van der Waals surface area contributed by atoms with Gasteiger partial charge in [0, 0.05) is 19.0 Å². The third-order valence-electron chi connectivity index (χ3n) is 5.26. The number of amides is 3. The Morgan fingerprint density at radius 1 is 1.09 bits per heavy atom. The molecule has 0 unspecified atom stereocenters. The summed E-state index contributed by atoms with van der Waals surface area (Å²) in [5.74, 6) is -2.79. The maximum Gasteiger partial charge on any atom is 0.343 e. The van der Waals surface area contributed by atoms with Crippen LogP contribution in [0, 0.1) is 10.1 Å². The molecule has 0 spiro atoms. The minimum absolute atomic E-state index is 0.0282. The van der Waals surface area contributed by atoms with Gasteiger partial charge in [0.2, 0.25) is 5.91 Å². The van der Waals surface area contributed by atoms with E-state index in [1.807, 2.05) is 0 Å². The Kier molecular flexibility index (Phi) is 6.36. The second kappa shape index (κ2) is 9.55. The smallest absolute Gasteiger partial charge is 0.343 e. The number of hydrogen-bond donors (Lipinski definition) is 1. The van der Waals surface area contributed by atoms with Crippen LogP contribution in [0.5, 0.6) is 0 Å². The third kappa shape index (κ3) is 4.36. The molecule has 0 bridgehead atoms. The molecule has 4 rings (SSSR count). The minimum atomic E-state index is -0.841. The molecule has 1 aliphatic rings. The lowest BCUT2D eigenvalue weighted by Gasteiger charge is -2.14. The van der Waals surface area contributed by atoms with Crippen LogP contribution in [-0.2, 0) is 9.53 Å². The van der Waals surface area contributed by atoms with Crippen LogP contribution < -0.4 is 5.32 Å². The number of nitro groups is 1. The first-order chi connectivity index (χ1) is 16.8. The van der Waals surface area contributed by atoms with Gasteiger partial charge in [0.1, 0.15) is 11.1 Å². The predicted molar refractivity (Wildman–Crippen MR) is 121 cm³/mol. The molecule has 2 heterocycles. The molecule has 35 heavy (non-hydrogen) atoms. The number of nitrogens with zero attached hydrogens (tertiary/aromatic N) is 4. The zero-order chi connectivity index (χ0) is 25.1. The first kappa shape index (κ1) is 23.3. The molecule has 0 saturated carbocycles. The van der Waals surface area contributed by atoms with Crippen LogP contribution in [0.2, 0.25) is 0 Å². The second-order valence-electron chi connectivity index (χ2n) is 7.39. The molecule has 3 amide bonds. The van der Waals surface area contributed by atoms with Gasteiger partial charge in [0.15, 0.2) is 5.82 Å². The average Bonchev–Trinajstić information content (AvgIpc) is 3.37. The number of carbonyl (C=O) groups is 4. The third-order valence-corrected chi connectivity index (χ3v) is 5.26. The van der Waals surface area contributed by atoms with Crippen molar-refractivity contribution in [2.24, 2.45) is 0 Å². The van der Waals surface area contributed by atoms with Gasteiger partial charge in [-0.2, -0.15) is 5.10 Å². The summed E-state index contributed by atoms with van der Waals surface area (Å²) < 4.78 is 6.40. The molecule has 0 aliphatic carbocycles. The number of para-hydroxylation sites is 1. The minimum Gasteiger partial charge on any atom is -0.462 e. The van der Waals surface area contributed by atoms with E-state index in [4.69, 9.17) is 4.74 Å². The maximum atomic E-state index is 12.8. The van der Waals surface area contributed by atoms with Crippen molar-refractivity contribution in [3.8, 4) is 5.69 Å². The lowest BCUT2D eigenvalue weighted by atomic mass is 10.1. The molecular formula is C23H19N5O7. The van der Waals surface area contributed by atoms with E-state index in [2.05, 4.69) is 10.4 Å².